The largest absolute Gasteiger partial charge is 0.467 e. The number of furan rings is 1. The number of carbonyl (C=O) groups is 1. The number of amides is 2. The fourth-order valence-electron chi connectivity index (χ4n) is 3.62. The van der Waals surface area contributed by atoms with Crippen LogP contribution in [-0.4, -0.2) is 27.0 Å². The molecule has 2 aromatic heterocycles. The van der Waals surface area contributed by atoms with Gasteiger partial charge in [-0.2, -0.15) is 0 Å². The molecule has 4 rings (SSSR count). The fourth-order valence-corrected chi connectivity index (χ4v) is 3.88. The van der Waals surface area contributed by atoms with Crippen LogP contribution in [0.15, 0.2) is 80.6 Å². The molecule has 2 aromatic carbocycles. The van der Waals surface area contributed by atoms with E-state index in [1.54, 1.807) is 27.9 Å². The fraction of sp³-hybridized carbons (Fsp3) is 0.208. The first-order valence-corrected chi connectivity index (χ1v) is 11.1. The van der Waals surface area contributed by atoms with Gasteiger partial charge in [-0.25, -0.2) is 9.78 Å². The maximum atomic E-state index is 13.5. The second-order valence-electron chi connectivity index (χ2n) is 7.32. The SMILES string of the molecule is CCNC(=O)N(Cc1ccco1)C(C)c1nc2ccccc2c(=O)n1-c1ccc(Br)cc1. The van der Waals surface area contributed by atoms with Gasteiger partial charge in [-0.05, 0) is 62.4 Å². The average Bonchev–Trinajstić information content (AvgIpc) is 3.31. The van der Waals surface area contributed by atoms with Gasteiger partial charge in [0.25, 0.3) is 5.56 Å². The first-order chi connectivity index (χ1) is 15.5. The van der Waals surface area contributed by atoms with Gasteiger partial charge >= 0.3 is 6.03 Å². The molecular formula is C24H23BrN4O3. The third-order valence-corrected chi connectivity index (χ3v) is 5.75. The van der Waals surface area contributed by atoms with E-state index in [2.05, 4.69) is 21.2 Å². The van der Waals surface area contributed by atoms with E-state index in [4.69, 9.17) is 9.40 Å². The maximum Gasteiger partial charge on any atom is 0.318 e. The summed E-state index contributed by atoms with van der Waals surface area (Å²) in [5.41, 5.74) is 1.07. The summed E-state index contributed by atoms with van der Waals surface area (Å²) in [6.07, 6.45) is 1.57. The zero-order valence-corrected chi connectivity index (χ0v) is 19.4. The van der Waals surface area contributed by atoms with Crippen molar-refractivity contribution < 1.29 is 9.21 Å². The molecule has 2 amide bonds. The van der Waals surface area contributed by atoms with Crippen molar-refractivity contribution in [3.05, 3.63) is 93.3 Å². The van der Waals surface area contributed by atoms with Crippen molar-refractivity contribution in [2.24, 2.45) is 0 Å². The monoisotopic (exact) mass is 494 g/mol. The van der Waals surface area contributed by atoms with E-state index in [0.717, 1.165) is 4.47 Å². The molecule has 0 aliphatic rings. The minimum atomic E-state index is -0.521. The number of para-hydroxylation sites is 1. The summed E-state index contributed by atoms with van der Waals surface area (Å²) in [6, 6.07) is 17.5. The first-order valence-electron chi connectivity index (χ1n) is 10.3. The molecule has 7 nitrogen and oxygen atoms in total. The third kappa shape index (κ3) is 4.31. The maximum absolute atomic E-state index is 13.5. The highest BCUT2D eigenvalue weighted by Crippen LogP contribution is 2.25. The summed E-state index contributed by atoms with van der Waals surface area (Å²) in [6.45, 7) is 4.44. The number of fused-ring (bicyclic) bond motifs is 1. The van der Waals surface area contributed by atoms with E-state index in [9.17, 15) is 9.59 Å². The van der Waals surface area contributed by atoms with E-state index < -0.39 is 6.04 Å². The second-order valence-corrected chi connectivity index (χ2v) is 8.24. The number of nitrogens with one attached hydrogen (secondary N) is 1. The molecule has 0 radical (unpaired) electrons. The summed E-state index contributed by atoms with van der Waals surface area (Å²) in [7, 11) is 0. The molecule has 2 heterocycles. The van der Waals surface area contributed by atoms with Crippen molar-refractivity contribution >= 4 is 32.9 Å². The van der Waals surface area contributed by atoms with Crippen LogP contribution in [0.1, 0.15) is 31.5 Å². The molecule has 0 bridgehead atoms. The number of halogens is 1. The highest BCUT2D eigenvalue weighted by atomic mass is 79.9. The van der Waals surface area contributed by atoms with Gasteiger partial charge in [-0.3, -0.25) is 9.36 Å². The van der Waals surface area contributed by atoms with Crippen LogP contribution in [-0.2, 0) is 6.54 Å². The number of nitrogens with zero attached hydrogens (tertiary/aromatic N) is 3. The molecule has 4 aromatic rings. The summed E-state index contributed by atoms with van der Waals surface area (Å²) in [5, 5.41) is 3.37. The zero-order chi connectivity index (χ0) is 22.7. The number of aromatic nitrogens is 2. The van der Waals surface area contributed by atoms with Crippen LogP contribution in [0.4, 0.5) is 4.79 Å². The van der Waals surface area contributed by atoms with Gasteiger partial charge in [0.05, 0.1) is 35.4 Å². The molecule has 0 saturated carbocycles. The Balaban J connectivity index is 1.90. The van der Waals surface area contributed by atoms with Gasteiger partial charge in [0, 0.05) is 11.0 Å². The number of hydrogen-bond acceptors (Lipinski definition) is 4. The standard InChI is InChI=1S/C24H23BrN4O3/c1-3-26-24(31)28(15-19-7-6-14-32-19)16(2)22-27-21-9-5-4-8-20(21)23(30)29(22)18-12-10-17(25)11-13-18/h4-14,16H,3,15H2,1-2H3,(H,26,31). The van der Waals surface area contributed by atoms with Crippen LogP contribution >= 0.6 is 15.9 Å². The molecule has 32 heavy (non-hydrogen) atoms. The molecule has 0 saturated heterocycles. The van der Waals surface area contributed by atoms with Gasteiger partial charge in [0.1, 0.15) is 11.6 Å². The third-order valence-electron chi connectivity index (χ3n) is 5.22. The Hall–Kier alpha value is -3.39. The predicted octanol–water partition coefficient (Wildman–Crippen LogP) is 5.03. The van der Waals surface area contributed by atoms with Gasteiger partial charge < -0.3 is 14.6 Å². The second kappa shape index (κ2) is 9.40. The number of hydrogen-bond donors (Lipinski definition) is 1. The van der Waals surface area contributed by atoms with Crippen LogP contribution < -0.4 is 10.9 Å². The lowest BCUT2D eigenvalue weighted by Gasteiger charge is -2.30. The van der Waals surface area contributed by atoms with Crippen LogP contribution in [0.25, 0.3) is 16.6 Å². The van der Waals surface area contributed by atoms with Gasteiger partial charge in [-0.1, -0.05) is 28.1 Å². The Bertz CT molecular complexity index is 1280. The molecule has 1 atom stereocenters. The molecule has 0 fully saturated rings. The zero-order valence-electron chi connectivity index (χ0n) is 17.8. The molecule has 0 aliphatic heterocycles. The lowest BCUT2D eigenvalue weighted by Crippen LogP contribution is -2.42. The van der Waals surface area contributed by atoms with E-state index in [0.29, 0.717) is 34.7 Å². The molecule has 164 valence electrons. The van der Waals surface area contributed by atoms with Crippen LogP contribution in [0, 0.1) is 0 Å². The Morgan fingerprint density at radius 1 is 1.16 bits per heavy atom. The lowest BCUT2D eigenvalue weighted by atomic mass is 10.2. The Kier molecular flexibility index (Phi) is 6.41. The topological polar surface area (TPSA) is 80.4 Å². The van der Waals surface area contributed by atoms with Gasteiger partial charge in [0.2, 0.25) is 0 Å². The Morgan fingerprint density at radius 2 is 1.91 bits per heavy atom. The molecular weight excluding hydrogens is 472 g/mol. The van der Waals surface area contributed by atoms with Crippen molar-refractivity contribution in [1.29, 1.82) is 0 Å². The quantitative estimate of drug-likeness (QED) is 0.407. The van der Waals surface area contributed by atoms with E-state index in [1.807, 2.05) is 62.4 Å². The Morgan fingerprint density at radius 3 is 2.59 bits per heavy atom. The smallest absolute Gasteiger partial charge is 0.318 e. The predicted molar refractivity (Wildman–Crippen MR) is 127 cm³/mol. The van der Waals surface area contributed by atoms with Crippen molar-refractivity contribution in [2.45, 2.75) is 26.4 Å². The minimum absolute atomic E-state index is 0.186. The summed E-state index contributed by atoms with van der Waals surface area (Å²) < 4.78 is 7.96. The average molecular weight is 495 g/mol. The van der Waals surface area contributed by atoms with Crippen LogP contribution in [0.3, 0.4) is 0 Å². The lowest BCUT2D eigenvalue weighted by molar-refractivity contribution is 0.166. The molecule has 0 spiro atoms. The van der Waals surface area contributed by atoms with Crippen LogP contribution in [0.5, 0.6) is 0 Å². The number of rotatable bonds is 6. The normalized spacial score (nSPS) is 12.0. The number of benzene rings is 2. The summed E-state index contributed by atoms with van der Waals surface area (Å²) in [4.78, 5) is 33.0. The van der Waals surface area contributed by atoms with Crippen molar-refractivity contribution in [2.75, 3.05) is 6.54 Å². The highest BCUT2D eigenvalue weighted by Gasteiger charge is 2.27. The molecule has 1 N–H and O–H groups in total. The first kappa shape index (κ1) is 21.8. The van der Waals surface area contributed by atoms with Gasteiger partial charge in [0.15, 0.2) is 0 Å². The Labute approximate surface area is 193 Å². The van der Waals surface area contributed by atoms with Crippen molar-refractivity contribution in [1.82, 2.24) is 19.8 Å². The number of urea groups is 1. The minimum Gasteiger partial charge on any atom is -0.467 e. The number of carbonyl (C=O) groups excluding carboxylic acids is 1. The van der Waals surface area contributed by atoms with E-state index in [-0.39, 0.29) is 18.1 Å². The van der Waals surface area contributed by atoms with E-state index >= 15 is 0 Å². The van der Waals surface area contributed by atoms with Gasteiger partial charge in [-0.15, -0.1) is 0 Å². The molecule has 0 aliphatic carbocycles. The highest BCUT2D eigenvalue weighted by molar-refractivity contribution is 9.10. The van der Waals surface area contributed by atoms with Crippen molar-refractivity contribution in [3.63, 3.8) is 0 Å². The summed E-state index contributed by atoms with van der Waals surface area (Å²) >= 11 is 3.44. The van der Waals surface area contributed by atoms with Crippen molar-refractivity contribution in [3.8, 4) is 5.69 Å². The van der Waals surface area contributed by atoms with E-state index in [1.165, 1.54) is 0 Å². The molecule has 8 heteroatoms. The van der Waals surface area contributed by atoms with Crippen LogP contribution in [0.2, 0.25) is 0 Å². The summed E-state index contributed by atoms with van der Waals surface area (Å²) in [5.74, 6) is 1.11. The molecule has 1 unspecified atom stereocenters.